The van der Waals surface area contributed by atoms with Gasteiger partial charge in [-0.15, -0.1) is 0 Å². The maximum Gasteiger partial charge on any atom is 0.340 e. The van der Waals surface area contributed by atoms with Gasteiger partial charge in [0, 0.05) is 60.4 Å². The van der Waals surface area contributed by atoms with Crippen LogP contribution in [0.4, 0.5) is 0 Å². The second-order valence-corrected chi connectivity index (χ2v) is 10.2. The van der Waals surface area contributed by atoms with Crippen LogP contribution in [0.2, 0.25) is 0 Å². The van der Waals surface area contributed by atoms with Gasteiger partial charge in [-0.2, -0.15) is 0 Å². The topological polar surface area (TPSA) is 43.7 Å². The van der Waals surface area contributed by atoms with Gasteiger partial charge < -0.3 is 14.0 Å². The normalized spacial score (nSPS) is 27.2. The van der Waals surface area contributed by atoms with Crippen molar-refractivity contribution in [2.75, 3.05) is 33.4 Å². The zero-order chi connectivity index (χ0) is 21.6. The maximum absolute atomic E-state index is 12.5. The number of esters is 1. The molecule has 5 nitrogen and oxygen atoms in total. The van der Waals surface area contributed by atoms with Gasteiger partial charge in [-0.1, -0.05) is 18.2 Å². The fourth-order valence-corrected chi connectivity index (χ4v) is 6.63. The Morgan fingerprint density at radius 1 is 1.13 bits per heavy atom. The lowest BCUT2D eigenvalue weighted by atomic mass is 9.71. The van der Waals surface area contributed by atoms with Crippen LogP contribution >= 0.6 is 0 Å². The Morgan fingerprint density at radius 3 is 2.48 bits per heavy atom. The fraction of sp³-hybridized carbons (Fsp3) is 0.654. The van der Waals surface area contributed by atoms with Crippen LogP contribution in [0.1, 0.15) is 67.5 Å². The van der Waals surface area contributed by atoms with E-state index in [1.807, 2.05) is 12.1 Å². The molecule has 0 unspecified atom stereocenters. The number of nitrogens with zero attached hydrogens (tertiary/aromatic N) is 2. The first-order valence-corrected chi connectivity index (χ1v) is 12.0. The number of hydrogen-bond acceptors (Lipinski definition) is 4. The number of likely N-dealkylation sites (tertiary alicyclic amines) is 1. The number of aromatic nitrogens is 1. The molecule has 5 rings (SSSR count). The molecule has 0 radical (unpaired) electrons. The van der Waals surface area contributed by atoms with E-state index in [9.17, 15) is 4.79 Å². The third-order valence-electron chi connectivity index (χ3n) is 8.52. The largest absolute Gasteiger partial charge is 0.465 e. The van der Waals surface area contributed by atoms with Crippen molar-refractivity contribution in [1.29, 1.82) is 0 Å². The molecule has 0 amide bonds. The molecule has 3 heterocycles. The maximum atomic E-state index is 12.5. The van der Waals surface area contributed by atoms with Crippen LogP contribution in [-0.4, -0.2) is 54.9 Å². The van der Waals surface area contributed by atoms with Crippen LogP contribution in [0.3, 0.4) is 0 Å². The van der Waals surface area contributed by atoms with Gasteiger partial charge in [-0.05, 0) is 64.4 Å². The number of ether oxygens (including phenoxy) is 2. The van der Waals surface area contributed by atoms with Gasteiger partial charge in [-0.3, -0.25) is 4.90 Å². The molecule has 3 aliphatic rings. The number of rotatable bonds is 4. The van der Waals surface area contributed by atoms with Crippen molar-refractivity contribution in [2.45, 2.75) is 64.5 Å². The van der Waals surface area contributed by atoms with Gasteiger partial charge in [0.05, 0.1) is 12.7 Å². The molecule has 1 spiro atoms. The second kappa shape index (κ2) is 8.25. The van der Waals surface area contributed by atoms with Gasteiger partial charge in [0.2, 0.25) is 0 Å². The molecule has 5 heteroatoms. The summed E-state index contributed by atoms with van der Waals surface area (Å²) in [5.74, 6) is 0.415. The Balaban J connectivity index is 1.28. The lowest BCUT2D eigenvalue weighted by Gasteiger charge is -2.56. The first kappa shape index (κ1) is 21.0. The Hall–Kier alpha value is -1.85. The zero-order valence-electron chi connectivity index (χ0n) is 19.2. The van der Waals surface area contributed by atoms with Crippen LogP contribution in [0, 0.1) is 18.3 Å². The monoisotopic (exact) mass is 424 g/mol. The Morgan fingerprint density at radius 2 is 1.81 bits per heavy atom. The van der Waals surface area contributed by atoms with Crippen molar-refractivity contribution in [1.82, 2.24) is 9.47 Å². The van der Waals surface area contributed by atoms with E-state index in [0.717, 1.165) is 41.4 Å². The van der Waals surface area contributed by atoms with E-state index in [4.69, 9.17) is 9.47 Å². The van der Waals surface area contributed by atoms with E-state index in [-0.39, 0.29) is 5.97 Å². The average molecular weight is 425 g/mol. The van der Waals surface area contributed by atoms with Gasteiger partial charge in [0.1, 0.15) is 0 Å². The summed E-state index contributed by atoms with van der Waals surface area (Å²) < 4.78 is 13.1. The minimum absolute atomic E-state index is 0.233. The van der Waals surface area contributed by atoms with Crippen molar-refractivity contribution in [2.24, 2.45) is 11.3 Å². The lowest BCUT2D eigenvalue weighted by molar-refractivity contribution is -0.104. The Kier molecular flexibility index (Phi) is 5.59. The summed E-state index contributed by atoms with van der Waals surface area (Å²) in [5, 5.41) is 1.01. The van der Waals surface area contributed by atoms with E-state index in [1.54, 1.807) is 0 Å². The standard InChI is InChI=1S/C26H36N2O3/c1-18(28-19(2)24(25(29)30-3)22-6-4-5-7-23(22)28)20-8-10-21(11-9-20)27-16-26(17-27)12-14-31-15-13-26/h4-7,18,20-21H,8-17H2,1-3H3/t18-,20?,21?/m1/s1. The minimum Gasteiger partial charge on any atom is -0.465 e. The smallest absolute Gasteiger partial charge is 0.340 e. The molecule has 168 valence electrons. The summed E-state index contributed by atoms with van der Waals surface area (Å²) in [6.07, 6.45) is 7.61. The summed E-state index contributed by atoms with van der Waals surface area (Å²) >= 11 is 0. The fourth-order valence-electron chi connectivity index (χ4n) is 6.63. The van der Waals surface area contributed by atoms with E-state index >= 15 is 0 Å². The molecule has 1 aliphatic carbocycles. The molecule has 0 N–H and O–H groups in total. The van der Waals surface area contributed by atoms with Crippen LogP contribution < -0.4 is 0 Å². The lowest BCUT2D eigenvalue weighted by Crippen LogP contribution is -2.61. The van der Waals surface area contributed by atoms with E-state index in [2.05, 4.69) is 35.4 Å². The van der Waals surface area contributed by atoms with Crippen molar-refractivity contribution < 1.29 is 14.3 Å². The first-order valence-electron chi connectivity index (χ1n) is 12.0. The number of carbonyl (C=O) groups is 1. The van der Waals surface area contributed by atoms with Gasteiger partial charge in [-0.25, -0.2) is 4.79 Å². The van der Waals surface area contributed by atoms with Crippen molar-refractivity contribution >= 4 is 16.9 Å². The van der Waals surface area contributed by atoms with E-state index in [0.29, 0.717) is 17.4 Å². The molecule has 2 saturated heterocycles. The quantitative estimate of drug-likeness (QED) is 0.650. The van der Waals surface area contributed by atoms with Crippen molar-refractivity contribution in [3.05, 3.63) is 35.5 Å². The van der Waals surface area contributed by atoms with Gasteiger partial charge in [0.15, 0.2) is 0 Å². The first-order chi connectivity index (χ1) is 15.0. The highest BCUT2D eigenvalue weighted by Crippen LogP contribution is 2.45. The summed E-state index contributed by atoms with van der Waals surface area (Å²) in [6, 6.07) is 9.40. The summed E-state index contributed by atoms with van der Waals surface area (Å²) in [4.78, 5) is 15.2. The van der Waals surface area contributed by atoms with Gasteiger partial charge in [0.25, 0.3) is 0 Å². The predicted molar refractivity (Wildman–Crippen MR) is 123 cm³/mol. The number of benzene rings is 1. The summed E-state index contributed by atoms with van der Waals surface area (Å²) in [5.41, 5.74) is 3.47. The van der Waals surface area contributed by atoms with Gasteiger partial charge >= 0.3 is 5.97 Å². The summed E-state index contributed by atoms with van der Waals surface area (Å²) in [7, 11) is 1.47. The van der Waals surface area contributed by atoms with E-state index in [1.165, 1.54) is 58.7 Å². The minimum atomic E-state index is -0.233. The molecule has 31 heavy (non-hydrogen) atoms. The number of hydrogen-bond donors (Lipinski definition) is 0. The van der Waals surface area contributed by atoms with Crippen LogP contribution in [0.5, 0.6) is 0 Å². The second-order valence-electron chi connectivity index (χ2n) is 10.2. The third kappa shape index (κ3) is 3.60. The molecule has 2 aliphatic heterocycles. The van der Waals surface area contributed by atoms with Crippen LogP contribution in [-0.2, 0) is 9.47 Å². The molecule has 0 bridgehead atoms. The SMILES string of the molecule is COC(=O)c1c(C)n([C@H](C)C2CCC(N3CC4(CCOCC4)C3)CC2)c2ccccc12. The Labute approximate surface area is 185 Å². The number of para-hydroxylation sites is 1. The van der Waals surface area contributed by atoms with Crippen LogP contribution in [0.25, 0.3) is 10.9 Å². The van der Waals surface area contributed by atoms with Crippen molar-refractivity contribution in [3.8, 4) is 0 Å². The summed E-state index contributed by atoms with van der Waals surface area (Å²) in [6.45, 7) is 8.88. The van der Waals surface area contributed by atoms with Crippen LogP contribution in [0.15, 0.2) is 24.3 Å². The average Bonchev–Trinajstić information content (AvgIpc) is 3.09. The Bertz CT molecular complexity index is 943. The molecule has 1 aromatic carbocycles. The highest BCUT2D eigenvalue weighted by molar-refractivity contribution is 6.05. The molecule has 1 saturated carbocycles. The predicted octanol–water partition coefficient (Wildman–Crippen LogP) is 4.97. The molecular formula is C26H36N2O3. The molecular weight excluding hydrogens is 388 g/mol. The third-order valence-corrected chi connectivity index (χ3v) is 8.52. The van der Waals surface area contributed by atoms with Crippen molar-refractivity contribution in [3.63, 3.8) is 0 Å². The molecule has 1 aromatic heterocycles. The van der Waals surface area contributed by atoms with E-state index < -0.39 is 0 Å². The molecule has 2 aromatic rings. The molecule has 1 atom stereocenters. The number of fused-ring (bicyclic) bond motifs is 1. The number of carbonyl (C=O) groups excluding carboxylic acids is 1. The zero-order valence-corrected chi connectivity index (χ0v) is 19.2. The molecule has 3 fully saturated rings. The highest BCUT2D eigenvalue weighted by atomic mass is 16.5. The highest BCUT2D eigenvalue weighted by Gasteiger charge is 2.46. The number of methoxy groups -OCH3 is 1.